The molecule has 3 aromatic rings. The summed E-state index contributed by atoms with van der Waals surface area (Å²) in [5, 5.41) is 3.02. The zero-order valence-electron chi connectivity index (χ0n) is 15.2. The maximum atomic E-state index is 13.1. The van der Waals surface area contributed by atoms with Crippen LogP contribution >= 0.6 is 0 Å². The van der Waals surface area contributed by atoms with Crippen molar-refractivity contribution in [1.29, 1.82) is 0 Å². The highest BCUT2D eigenvalue weighted by atomic mass is 19.1. The smallest absolute Gasteiger partial charge is 0.227 e. The van der Waals surface area contributed by atoms with E-state index < -0.39 is 0 Å². The first kappa shape index (κ1) is 18.1. The van der Waals surface area contributed by atoms with Crippen LogP contribution in [0.3, 0.4) is 0 Å². The van der Waals surface area contributed by atoms with E-state index in [1.807, 2.05) is 44.4 Å². The summed E-state index contributed by atoms with van der Waals surface area (Å²) < 4.78 is 15.2. The average molecular weight is 353 g/mol. The Bertz CT molecular complexity index is 870. The van der Waals surface area contributed by atoms with Crippen LogP contribution in [0, 0.1) is 11.7 Å². The molecule has 1 aromatic carbocycles. The molecule has 0 spiro atoms. The Balaban J connectivity index is 1.56. The van der Waals surface area contributed by atoms with Gasteiger partial charge < -0.3 is 9.72 Å². The number of halogens is 1. The third-order valence-electron chi connectivity index (χ3n) is 4.57. The molecule has 1 amide bonds. The minimum Gasteiger partial charge on any atom is -0.356 e. The second kappa shape index (κ2) is 8.13. The van der Waals surface area contributed by atoms with Gasteiger partial charge in [-0.15, -0.1) is 0 Å². The minimum atomic E-state index is -0.288. The lowest BCUT2D eigenvalue weighted by molar-refractivity contribution is -0.123. The summed E-state index contributed by atoms with van der Waals surface area (Å²) in [4.78, 5) is 17.1. The Morgan fingerprint density at radius 3 is 2.69 bits per heavy atom. The highest BCUT2D eigenvalue weighted by Gasteiger charge is 2.23. The molecule has 0 radical (unpaired) electrons. The number of nitrogens with zero attached hydrogens (tertiary/aromatic N) is 2. The lowest BCUT2D eigenvalue weighted by Gasteiger charge is -2.20. The number of aryl methyl sites for hydroxylation is 1. The number of imidazole rings is 1. The Morgan fingerprint density at radius 1 is 1.19 bits per heavy atom. The molecule has 3 rings (SSSR count). The average Bonchev–Trinajstić information content (AvgIpc) is 3.03. The predicted molar refractivity (Wildman–Crippen MR) is 101 cm³/mol. The lowest BCUT2D eigenvalue weighted by atomic mass is 9.87. The monoisotopic (exact) mass is 353 g/mol. The molecular formula is C21H24FN3O. The lowest BCUT2D eigenvalue weighted by Crippen LogP contribution is -2.33. The molecule has 0 saturated carbocycles. The van der Waals surface area contributed by atoms with E-state index in [9.17, 15) is 9.18 Å². The number of carbonyl (C=O) groups excluding carboxylic acids is 1. The summed E-state index contributed by atoms with van der Waals surface area (Å²) in [6, 6.07) is 12.2. The molecule has 0 aliphatic heterocycles. The second-order valence-electron chi connectivity index (χ2n) is 6.84. The van der Waals surface area contributed by atoms with Gasteiger partial charge in [0.25, 0.3) is 0 Å². The number of nitrogens with one attached hydrogen (secondary N) is 1. The van der Waals surface area contributed by atoms with Gasteiger partial charge in [0.15, 0.2) is 0 Å². The molecular weight excluding hydrogens is 329 g/mol. The normalized spacial score (nSPS) is 12.5. The molecule has 0 fully saturated rings. The Hall–Kier alpha value is -2.69. The number of carbonyl (C=O) groups is 1. The number of pyridine rings is 1. The van der Waals surface area contributed by atoms with Gasteiger partial charge in [-0.1, -0.05) is 32.0 Å². The standard InChI is InChI=1S/C21H24FN3O/c1-15(2)20(16-8-10-17(22)11-9-16)21(26)23-12-5-7-19-24-14-18-6-3-4-13-25(18)19/h3-4,6,8-11,13-15,20H,5,7,12H2,1-2H3,(H,23,26). The molecule has 1 N–H and O–H groups in total. The van der Waals surface area contributed by atoms with Crippen LogP contribution in [0.2, 0.25) is 0 Å². The van der Waals surface area contributed by atoms with Crippen LogP contribution in [-0.2, 0) is 11.2 Å². The first-order chi connectivity index (χ1) is 12.6. The third-order valence-corrected chi connectivity index (χ3v) is 4.57. The highest BCUT2D eigenvalue weighted by Crippen LogP contribution is 2.25. The fourth-order valence-corrected chi connectivity index (χ4v) is 3.26. The summed E-state index contributed by atoms with van der Waals surface area (Å²) >= 11 is 0. The Morgan fingerprint density at radius 2 is 1.96 bits per heavy atom. The Kier molecular flexibility index (Phi) is 5.66. The van der Waals surface area contributed by atoms with Crippen LogP contribution in [0.25, 0.3) is 5.52 Å². The number of hydrogen-bond acceptors (Lipinski definition) is 2. The number of aromatic nitrogens is 2. The maximum Gasteiger partial charge on any atom is 0.227 e. The van der Waals surface area contributed by atoms with E-state index in [0.717, 1.165) is 29.7 Å². The SMILES string of the molecule is CC(C)C(C(=O)NCCCc1ncc2ccccn12)c1ccc(F)cc1. The van der Waals surface area contributed by atoms with Gasteiger partial charge in [0.05, 0.1) is 17.6 Å². The Labute approximate surface area is 153 Å². The van der Waals surface area contributed by atoms with Crippen molar-refractivity contribution in [3.8, 4) is 0 Å². The molecule has 1 unspecified atom stereocenters. The van der Waals surface area contributed by atoms with E-state index in [-0.39, 0.29) is 23.6 Å². The van der Waals surface area contributed by atoms with Crippen molar-refractivity contribution in [1.82, 2.24) is 14.7 Å². The van der Waals surface area contributed by atoms with Crippen LogP contribution in [-0.4, -0.2) is 21.8 Å². The van der Waals surface area contributed by atoms with Crippen LogP contribution in [0.5, 0.6) is 0 Å². The van der Waals surface area contributed by atoms with E-state index in [1.165, 1.54) is 12.1 Å². The fourth-order valence-electron chi connectivity index (χ4n) is 3.26. The summed E-state index contributed by atoms with van der Waals surface area (Å²) in [5.41, 5.74) is 1.92. The van der Waals surface area contributed by atoms with E-state index >= 15 is 0 Å². The molecule has 0 aliphatic carbocycles. The van der Waals surface area contributed by atoms with Gasteiger partial charge in [-0.2, -0.15) is 0 Å². The van der Waals surface area contributed by atoms with Gasteiger partial charge in [0.2, 0.25) is 5.91 Å². The molecule has 2 heterocycles. The number of rotatable bonds is 7. The number of hydrogen-bond donors (Lipinski definition) is 1. The summed E-state index contributed by atoms with van der Waals surface area (Å²) in [6.45, 7) is 4.60. The molecule has 0 bridgehead atoms. The fraction of sp³-hybridized carbons (Fsp3) is 0.333. The highest BCUT2D eigenvalue weighted by molar-refractivity contribution is 5.83. The number of fused-ring (bicyclic) bond motifs is 1. The zero-order chi connectivity index (χ0) is 18.5. The van der Waals surface area contributed by atoms with E-state index in [4.69, 9.17) is 0 Å². The van der Waals surface area contributed by atoms with Gasteiger partial charge in [-0.3, -0.25) is 4.79 Å². The van der Waals surface area contributed by atoms with Crippen molar-refractivity contribution < 1.29 is 9.18 Å². The molecule has 0 aliphatic rings. The largest absolute Gasteiger partial charge is 0.356 e. The van der Waals surface area contributed by atoms with Crippen LogP contribution < -0.4 is 5.32 Å². The van der Waals surface area contributed by atoms with E-state index in [1.54, 1.807) is 12.1 Å². The molecule has 136 valence electrons. The zero-order valence-corrected chi connectivity index (χ0v) is 15.2. The van der Waals surface area contributed by atoms with Crippen molar-refractivity contribution in [2.24, 2.45) is 5.92 Å². The van der Waals surface area contributed by atoms with Gasteiger partial charge in [0.1, 0.15) is 11.6 Å². The molecule has 5 heteroatoms. The van der Waals surface area contributed by atoms with E-state index in [2.05, 4.69) is 14.7 Å². The van der Waals surface area contributed by atoms with Gasteiger partial charge in [-0.05, 0) is 42.2 Å². The van der Waals surface area contributed by atoms with Gasteiger partial charge in [-0.25, -0.2) is 9.37 Å². The summed E-state index contributed by atoms with van der Waals surface area (Å²) in [5.74, 6) is 0.552. The van der Waals surface area contributed by atoms with Crippen molar-refractivity contribution >= 4 is 11.4 Å². The van der Waals surface area contributed by atoms with Gasteiger partial charge in [0, 0.05) is 19.2 Å². The number of benzene rings is 1. The number of amides is 1. The topological polar surface area (TPSA) is 46.4 Å². The van der Waals surface area contributed by atoms with E-state index in [0.29, 0.717) is 6.54 Å². The first-order valence-electron chi connectivity index (χ1n) is 9.00. The van der Waals surface area contributed by atoms with Crippen molar-refractivity contribution in [3.63, 3.8) is 0 Å². The second-order valence-corrected chi connectivity index (χ2v) is 6.84. The predicted octanol–water partition coefficient (Wildman–Crippen LogP) is 3.96. The molecule has 4 nitrogen and oxygen atoms in total. The quantitative estimate of drug-likeness (QED) is 0.654. The molecule has 26 heavy (non-hydrogen) atoms. The van der Waals surface area contributed by atoms with Crippen molar-refractivity contribution in [3.05, 3.63) is 72.1 Å². The first-order valence-corrected chi connectivity index (χ1v) is 9.00. The molecule has 1 atom stereocenters. The molecule has 0 saturated heterocycles. The summed E-state index contributed by atoms with van der Waals surface area (Å²) in [6.07, 6.45) is 5.46. The van der Waals surface area contributed by atoms with Crippen LogP contribution in [0.1, 0.15) is 37.6 Å². The van der Waals surface area contributed by atoms with Crippen molar-refractivity contribution in [2.45, 2.75) is 32.6 Å². The minimum absolute atomic E-state index is 0.0143. The van der Waals surface area contributed by atoms with Crippen LogP contribution in [0.15, 0.2) is 54.9 Å². The van der Waals surface area contributed by atoms with Gasteiger partial charge >= 0.3 is 0 Å². The molecule has 2 aromatic heterocycles. The maximum absolute atomic E-state index is 13.1. The van der Waals surface area contributed by atoms with Crippen LogP contribution in [0.4, 0.5) is 4.39 Å². The van der Waals surface area contributed by atoms with Crippen molar-refractivity contribution in [2.75, 3.05) is 6.54 Å². The summed E-state index contributed by atoms with van der Waals surface area (Å²) in [7, 11) is 0. The third kappa shape index (κ3) is 4.10.